The first-order valence-electron chi connectivity index (χ1n) is 15.8. The lowest BCUT2D eigenvalue weighted by molar-refractivity contribution is -0.124. The molecule has 3 aromatic carbocycles. The Bertz CT molecular complexity index is 1890. The first kappa shape index (κ1) is 31.8. The first-order chi connectivity index (χ1) is 22.7. The standard InChI is InChI=1S/C36H38N4O7/c1-4-15-39-21-33(41)37-28-14-16-40(36(44)27-19-34(42)38(2)29-11-6-5-10-26(27)29)20-32(28)46-22-23-8-7-9-25(17-23)47-31-18-24(35(39)43)12-13-30(31)45-3/h5-13,17-19,28,32H,4,14-16,20-22H2,1-3H3,(H,37,41)/t28-,32-/m0/s1. The molecule has 3 amide bonds. The lowest BCUT2D eigenvalue weighted by Gasteiger charge is -2.39. The Labute approximate surface area is 272 Å². The van der Waals surface area contributed by atoms with Crippen LogP contribution in [0, 0.1) is 0 Å². The predicted molar refractivity (Wildman–Crippen MR) is 176 cm³/mol. The van der Waals surface area contributed by atoms with Gasteiger partial charge in [-0.3, -0.25) is 19.2 Å². The van der Waals surface area contributed by atoms with Crippen LogP contribution < -0.4 is 20.3 Å². The molecule has 0 unspecified atom stereocenters. The van der Waals surface area contributed by atoms with Crippen molar-refractivity contribution in [3.63, 3.8) is 0 Å². The fourth-order valence-electron chi connectivity index (χ4n) is 6.24. The summed E-state index contributed by atoms with van der Waals surface area (Å²) in [6.45, 7) is 2.93. The molecule has 47 heavy (non-hydrogen) atoms. The number of amides is 3. The number of piperidine rings is 1. The molecular weight excluding hydrogens is 600 g/mol. The molecule has 2 atom stereocenters. The van der Waals surface area contributed by atoms with Crippen molar-refractivity contribution >= 4 is 28.6 Å². The van der Waals surface area contributed by atoms with E-state index in [1.807, 2.05) is 55.5 Å². The van der Waals surface area contributed by atoms with Crippen LogP contribution in [0.4, 0.5) is 0 Å². The zero-order valence-electron chi connectivity index (χ0n) is 26.7. The van der Waals surface area contributed by atoms with Crippen LogP contribution in [0.25, 0.3) is 10.9 Å². The third-order valence-corrected chi connectivity index (χ3v) is 8.69. The lowest BCUT2D eigenvalue weighted by atomic mass is 9.99. The van der Waals surface area contributed by atoms with Crippen LogP contribution in [0.1, 0.15) is 46.0 Å². The number of fused-ring (bicyclic) bond motifs is 6. The van der Waals surface area contributed by atoms with Crippen LogP contribution >= 0.6 is 0 Å². The van der Waals surface area contributed by atoms with Crippen LogP contribution in [-0.2, 0) is 23.2 Å². The van der Waals surface area contributed by atoms with Crippen molar-refractivity contribution in [3.8, 4) is 17.2 Å². The molecule has 4 aromatic rings. The summed E-state index contributed by atoms with van der Waals surface area (Å²) >= 11 is 0. The second-order valence-corrected chi connectivity index (χ2v) is 11.9. The molecule has 244 valence electrons. The number of pyridine rings is 1. The van der Waals surface area contributed by atoms with Crippen molar-refractivity contribution in [2.45, 2.75) is 38.5 Å². The van der Waals surface area contributed by atoms with Crippen LogP contribution in [0.5, 0.6) is 17.2 Å². The molecule has 0 radical (unpaired) electrons. The van der Waals surface area contributed by atoms with Crippen molar-refractivity contribution < 1.29 is 28.6 Å². The highest BCUT2D eigenvalue weighted by Gasteiger charge is 2.35. The van der Waals surface area contributed by atoms with Crippen LogP contribution in [0.15, 0.2) is 77.6 Å². The zero-order valence-corrected chi connectivity index (χ0v) is 26.7. The van der Waals surface area contributed by atoms with E-state index in [9.17, 15) is 19.2 Å². The Morgan fingerprint density at radius 3 is 2.66 bits per heavy atom. The molecule has 2 aliphatic heterocycles. The third-order valence-electron chi connectivity index (χ3n) is 8.69. The maximum absolute atomic E-state index is 13.9. The van der Waals surface area contributed by atoms with E-state index in [2.05, 4.69) is 5.32 Å². The number of rotatable bonds is 4. The molecule has 6 rings (SSSR count). The van der Waals surface area contributed by atoms with Gasteiger partial charge in [0.1, 0.15) is 5.75 Å². The van der Waals surface area contributed by atoms with E-state index in [-0.39, 0.29) is 43.0 Å². The van der Waals surface area contributed by atoms with Crippen LogP contribution in [-0.4, -0.2) is 77.5 Å². The Morgan fingerprint density at radius 1 is 1.02 bits per heavy atom. The number of carbonyl (C=O) groups excluding carboxylic acids is 3. The summed E-state index contributed by atoms with van der Waals surface area (Å²) in [5.74, 6) is 0.475. The SMILES string of the molecule is CCCN1CC(=O)N[C@H]2CCN(C(=O)c3cc(=O)n(C)c4ccccc34)C[C@@H]2OCc2cccc(c2)Oc2cc(ccc2OC)C1=O. The topological polar surface area (TPSA) is 119 Å². The smallest absolute Gasteiger partial charge is 0.254 e. The molecule has 2 aliphatic rings. The van der Waals surface area contributed by atoms with Crippen molar-refractivity contribution in [1.82, 2.24) is 19.7 Å². The van der Waals surface area contributed by atoms with Crippen molar-refractivity contribution in [3.05, 3.63) is 99.8 Å². The highest BCUT2D eigenvalue weighted by molar-refractivity contribution is 6.06. The van der Waals surface area contributed by atoms with E-state index in [0.29, 0.717) is 65.2 Å². The minimum absolute atomic E-state index is 0.140. The van der Waals surface area contributed by atoms with E-state index < -0.39 is 12.1 Å². The van der Waals surface area contributed by atoms with E-state index in [1.165, 1.54) is 22.6 Å². The van der Waals surface area contributed by atoms with Gasteiger partial charge < -0.3 is 33.9 Å². The van der Waals surface area contributed by atoms with E-state index >= 15 is 0 Å². The monoisotopic (exact) mass is 638 g/mol. The number of carbonyl (C=O) groups is 3. The van der Waals surface area contributed by atoms with Gasteiger partial charge in [-0.05, 0) is 54.8 Å². The van der Waals surface area contributed by atoms with Gasteiger partial charge in [-0.2, -0.15) is 0 Å². The minimum Gasteiger partial charge on any atom is -0.493 e. The number of aromatic nitrogens is 1. The summed E-state index contributed by atoms with van der Waals surface area (Å²) in [5.41, 5.74) is 1.93. The van der Waals surface area contributed by atoms with Gasteiger partial charge >= 0.3 is 0 Å². The Balaban J connectivity index is 1.32. The zero-order chi connectivity index (χ0) is 33.1. The Hall–Kier alpha value is -5.16. The fraction of sp³-hybridized carbons (Fsp3) is 0.333. The number of likely N-dealkylation sites (tertiary alicyclic amines) is 1. The maximum atomic E-state index is 13.9. The maximum Gasteiger partial charge on any atom is 0.254 e. The molecule has 1 N–H and O–H groups in total. The molecule has 11 nitrogen and oxygen atoms in total. The highest BCUT2D eigenvalue weighted by Crippen LogP contribution is 2.33. The summed E-state index contributed by atoms with van der Waals surface area (Å²) in [4.78, 5) is 57.0. The number of para-hydroxylation sites is 1. The number of aryl methyl sites for hydroxylation is 1. The second kappa shape index (κ2) is 13.7. The van der Waals surface area contributed by atoms with Gasteiger partial charge in [0.2, 0.25) is 5.91 Å². The van der Waals surface area contributed by atoms with E-state index in [0.717, 1.165) is 5.56 Å². The van der Waals surface area contributed by atoms with Crippen LogP contribution in [0.2, 0.25) is 0 Å². The molecule has 11 heteroatoms. The van der Waals surface area contributed by atoms with Crippen LogP contribution in [0.3, 0.4) is 0 Å². The molecular formula is C36H38N4O7. The molecule has 0 saturated carbocycles. The number of nitrogens with zero attached hydrogens (tertiary/aromatic N) is 3. The summed E-state index contributed by atoms with van der Waals surface area (Å²) in [5, 5.41) is 3.78. The molecule has 3 heterocycles. The minimum atomic E-state index is -0.560. The molecule has 1 fully saturated rings. The first-order valence-corrected chi connectivity index (χ1v) is 15.8. The average Bonchev–Trinajstić information content (AvgIpc) is 3.08. The van der Waals surface area contributed by atoms with E-state index in [1.54, 1.807) is 30.1 Å². The average molecular weight is 639 g/mol. The number of hydrogen-bond donors (Lipinski definition) is 1. The van der Waals surface area contributed by atoms with Gasteiger partial charge in [0, 0.05) is 43.7 Å². The van der Waals surface area contributed by atoms with Crippen molar-refractivity contribution in [2.75, 3.05) is 33.3 Å². The van der Waals surface area contributed by atoms with Gasteiger partial charge in [0.05, 0.1) is 43.5 Å². The van der Waals surface area contributed by atoms with Gasteiger partial charge in [0.25, 0.3) is 17.4 Å². The van der Waals surface area contributed by atoms with Crippen molar-refractivity contribution in [1.29, 1.82) is 0 Å². The van der Waals surface area contributed by atoms with Gasteiger partial charge in [0.15, 0.2) is 11.5 Å². The molecule has 0 spiro atoms. The molecule has 1 saturated heterocycles. The van der Waals surface area contributed by atoms with E-state index in [4.69, 9.17) is 14.2 Å². The summed E-state index contributed by atoms with van der Waals surface area (Å²) in [6.07, 6.45) is 0.530. The third kappa shape index (κ3) is 6.71. The number of nitrogens with one attached hydrogen (secondary N) is 1. The molecule has 4 bridgehead atoms. The summed E-state index contributed by atoms with van der Waals surface area (Å²) in [7, 11) is 3.21. The van der Waals surface area contributed by atoms with Gasteiger partial charge in [-0.15, -0.1) is 0 Å². The largest absolute Gasteiger partial charge is 0.493 e. The highest BCUT2D eigenvalue weighted by atomic mass is 16.5. The number of benzene rings is 3. The van der Waals surface area contributed by atoms with Gasteiger partial charge in [-0.1, -0.05) is 37.3 Å². The quantitative estimate of drug-likeness (QED) is 0.357. The van der Waals surface area contributed by atoms with Crippen molar-refractivity contribution in [2.24, 2.45) is 7.05 Å². The predicted octanol–water partition coefficient (Wildman–Crippen LogP) is 4.12. The number of ether oxygens (including phenoxy) is 3. The Morgan fingerprint density at radius 2 is 1.85 bits per heavy atom. The number of hydrogen-bond acceptors (Lipinski definition) is 7. The fourth-order valence-corrected chi connectivity index (χ4v) is 6.24. The Kier molecular flexibility index (Phi) is 9.26. The lowest BCUT2D eigenvalue weighted by Crippen LogP contribution is -2.57. The van der Waals surface area contributed by atoms with Gasteiger partial charge in [-0.25, -0.2) is 0 Å². The normalized spacial score (nSPS) is 18.7. The molecule has 1 aromatic heterocycles. The number of methoxy groups -OCH3 is 1. The summed E-state index contributed by atoms with van der Waals surface area (Å²) in [6, 6.07) is 20.7. The summed E-state index contributed by atoms with van der Waals surface area (Å²) < 4.78 is 19.6. The second-order valence-electron chi connectivity index (χ2n) is 11.9. The molecule has 0 aliphatic carbocycles.